The van der Waals surface area contributed by atoms with E-state index < -0.39 is 73.5 Å². The molecule has 13 heteroatoms. The summed E-state index contributed by atoms with van der Waals surface area (Å²) < 4.78 is 66.7. The molecule has 2 aliphatic rings. The highest BCUT2D eigenvalue weighted by atomic mass is 31.2. The van der Waals surface area contributed by atoms with Crippen molar-refractivity contribution in [1.29, 1.82) is 0 Å². The number of alkyl halides is 1. The fourth-order valence-electron chi connectivity index (χ4n) is 4.42. The number of nitrogens with one attached hydrogen (secondary N) is 1. The van der Waals surface area contributed by atoms with E-state index in [1.807, 2.05) is 41.5 Å². The van der Waals surface area contributed by atoms with Crippen LogP contribution in [0.4, 0.5) is 8.78 Å². The van der Waals surface area contributed by atoms with E-state index in [0.717, 1.165) is 10.8 Å². The van der Waals surface area contributed by atoms with Gasteiger partial charge in [-0.05, 0) is 29.4 Å². The number of H-pyrrole nitrogens is 1. The first-order chi connectivity index (χ1) is 17.3. The topological polar surface area (TPSA) is 129 Å². The average molecular weight is 559 g/mol. The highest BCUT2D eigenvalue weighted by molar-refractivity contribution is 7.49. The summed E-state index contributed by atoms with van der Waals surface area (Å²) in [6.45, 7) is 11.3. The molecule has 0 aliphatic carbocycles. The Balaban J connectivity index is 1.58. The van der Waals surface area contributed by atoms with Gasteiger partial charge in [0.2, 0.25) is 5.85 Å². The Hall–Kier alpha value is -2.37. The largest absolute Gasteiger partial charge is 0.530 e. The number of halogens is 2. The van der Waals surface area contributed by atoms with Crippen LogP contribution in [-0.4, -0.2) is 33.2 Å². The lowest BCUT2D eigenvalue weighted by Crippen LogP contribution is -2.37. The van der Waals surface area contributed by atoms with Crippen molar-refractivity contribution in [3.8, 4) is 5.75 Å². The van der Waals surface area contributed by atoms with Crippen molar-refractivity contribution in [3.05, 3.63) is 61.2 Å². The minimum atomic E-state index is -4.43. The standard InChI is InChI=1S/C25H33F2N2O8P/c1-13-10-29(22(32)28-20(13)31)21-17(30)9-25(27,36-21)12-35-38(33)34-11-14-18(26)15(23(2,3)4)8-16(19(14)37-38)24(5,6)7/h8,10,17,21,30H,9,11-12H2,1-7H3,(H,28,31,32)/t17-,21-,25+,38?/m1/s1. The Morgan fingerprint density at radius 3 is 2.45 bits per heavy atom. The van der Waals surface area contributed by atoms with Gasteiger partial charge in [-0.25, -0.2) is 18.1 Å². The number of rotatable bonds is 4. The Morgan fingerprint density at radius 2 is 1.84 bits per heavy atom. The van der Waals surface area contributed by atoms with Gasteiger partial charge in [0.1, 0.15) is 24.3 Å². The molecule has 3 heterocycles. The molecule has 0 amide bonds. The third kappa shape index (κ3) is 5.37. The van der Waals surface area contributed by atoms with Crippen molar-refractivity contribution in [2.24, 2.45) is 0 Å². The molecular formula is C25H33F2N2O8P. The molecule has 210 valence electrons. The van der Waals surface area contributed by atoms with Crippen LogP contribution in [0.15, 0.2) is 21.9 Å². The van der Waals surface area contributed by atoms with Gasteiger partial charge < -0.3 is 14.4 Å². The molecule has 38 heavy (non-hydrogen) atoms. The number of aryl methyl sites for hydroxylation is 1. The van der Waals surface area contributed by atoms with Crippen LogP contribution < -0.4 is 15.8 Å². The Morgan fingerprint density at radius 1 is 1.21 bits per heavy atom. The molecule has 1 aromatic carbocycles. The van der Waals surface area contributed by atoms with Gasteiger partial charge in [0.15, 0.2) is 6.23 Å². The summed E-state index contributed by atoms with van der Waals surface area (Å²) in [6.07, 6.45) is -2.45. The SMILES string of the molecule is Cc1cn([C@@H]2O[C@](F)(COP3(=O)OCc4c(F)c(C(C)(C)C)cc(C(C)(C)C)c4O3)C[C@H]2O)c(=O)[nH]c1=O. The molecule has 10 nitrogen and oxygen atoms in total. The lowest BCUT2D eigenvalue weighted by molar-refractivity contribution is -0.179. The van der Waals surface area contributed by atoms with Crippen LogP contribution in [0.1, 0.15) is 76.4 Å². The lowest BCUT2D eigenvalue weighted by Gasteiger charge is -2.34. The quantitative estimate of drug-likeness (QED) is 0.533. The number of hydrogen-bond acceptors (Lipinski definition) is 8. The maximum atomic E-state index is 15.6. The van der Waals surface area contributed by atoms with Gasteiger partial charge in [0.25, 0.3) is 5.56 Å². The third-order valence-electron chi connectivity index (χ3n) is 6.53. The molecule has 1 fully saturated rings. The summed E-state index contributed by atoms with van der Waals surface area (Å²) in [6, 6.07) is 1.67. The van der Waals surface area contributed by atoms with Crippen molar-refractivity contribution in [1.82, 2.24) is 9.55 Å². The van der Waals surface area contributed by atoms with Gasteiger partial charge >= 0.3 is 13.5 Å². The number of benzene rings is 1. The molecule has 2 aliphatic heterocycles. The smallest absolute Gasteiger partial charge is 0.403 e. The van der Waals surface area contributed by atoms with Crippen molar-refractivity contribution in [2.45, 2.75) is 90.5 Å². The van der Waals surface area contributed by atoms with Gasteiger partial charge in [0.05, 0.1) is 12.2 Å². The summed E-state index contributed by atoms with van der Waals surface area (Å²) in [5.41, 5.74) is -1.31. The Kier molecular flexibility index (Phi) is 7.07. The van der Waals surface area contributed by atoms with E-state index in [2.05, 4.69) is 4.98 Å². The van der Waals surface area contributed by atoms with E-state index in [1.165, 1.54) is 6.92 Å². The second-order valence-corrected chi connectivity index (χ2v) is 13.4. The van der Waals surface area contributed by atoms with Crippen molar-refractivity contribution >= 4 is 7.82 Å². The first-order valence-electron chi connectivity index (χ1n) is 12.2. The minimum absolute atomic E-state index is 0.0195. The van der Waals surface area contributed by atoms with Gasteiger partial charge in [-0.15, -0.1) is 0 Å². The molecule has 4 rings (SSSR count). The molecule has 4 atom stereocenters. The van der Waals surface area contributed by atoms with Crippen molar-refractivity contribution in [3.63, 3.8) is 0 Å². The average Bonchev–Trinajstić information content (AvgIpc) is 3.08. The number of aromatic amines is 1. The number of aliphatic hydroxyl groups excluding tert-OH is 1. The predicted octanol–water partition coefficient (Wildman–Crippen LogP) is 4.26. The van der Waals surface area contributed by atoms with Crippen LogP contribution in [0.5, 0.6) is 5.75 Å². The second kappa shape index (κ2) is 9.38. The molecule has 1 aromatic heterocycles. The first kappa shape index (κ1) is 28.6. The van der Waals surface area contributed by atoms with Crippen LogP contribution >= 0.6 is 7.82 Å². The lowest BCUT2D eigenvalue weighted by atomic mass is 9.78. The minimum Gasteiger partial charge on any atom is -0.403 e. The summed E-state index contributed by atoms with van der Waals surface area (Å²) in [5.74, 6) is -3.20. The zero-order valence-corrected chi connectivity index (χ0v) is 23.3. The van der Waals surface area contributed by atoms with E-state index in [-0.39, 0.29) is 16.9 Å². The van der Waals surface area contributed by atoms with Gasteiger partial charge in [-0.2, -0.15) is 0 Å². The van der Waals surface area contributed by atoms with E-state index >= 15 is 8.78 Å². The summed E-state index contributed by atoms with van der Waals surface area (Å²) in [7, 11) is -4.43. The fourth-order valence-corrected chi connectivity index (χ4v) is 5.67. The molecule has 0 spiro atoms. The number of aliphatic hydroxyl groups is 1. The first-order valence-corrected chi connectivity index (χ1v) is 13.6. The molecule has 2 N–H and O–H groups in total. The molecular weight excluding hydrogens is 525 g/mol. The number of ether oxygens (including phenoxy) is 1. The van der Waals surface area contributed by atoms with Crippen LogP contribution in [-0.2, 0) is 35.8 Å². The number of hydrogen-bond donors (Lipinski definition) is 2. The Labute approximate surface area is 218 Å². The van der Waals surface area contributed by atoms with Gasteiger partial charge in [-0.3, -0.25) is 23.4 Å². The monoisotopic (exact) mass is 558 g/mol. The van der Waals surface area contributed by atoms with Crippen molar-refractivity contribution < 1.29 is 36.8 Å². The molecule has 1 unspecified atom stereocenters. The molecule has 2 aromatic rings. The van der Waals surface area contributed by atoms with E-state index in [9.17, 15) is 19.3 Å². The van der Waals surface area contributed by atoms with E-state index in [4.69, 9.17) is 18.3 Å². The summed E-state index contributed by atoms with van der Waals surface area (Å²) >= 11 is 0. The van der Waals surface area contributed by atoms with Crippen LogP contribution in [0.3, 0.4) is 0 Å². The highest BCUT2D eigenvalue weighted by Gasteiger charge is 2.51. The highest BCUT2D eigenvalue weighted by Crippen LogP contribution is 2.58. The summed E-state index contributed by atoms with van der Waals surface area (Å²) in [4.78, 5) is 25.9. The number of phosphoric acid groups is 1. The van der Waals surface area contributed by atoms with Crippen LogP contribution in [0.2, 0.25) is 0 Å². The zero-order chi connectivity index (χ0) is 28.4. The van der Waals surface area contributed by atoms with Crippen LogP contribution in [0.25, 0.3) is 0 Å². The van der Waals surface area contributed by atoms with Gasteiger partial charge in [0, 0.05) is 23.7 Å². The molecule has 0 bridgehead atoms. The van der Waals surface area contributed by atoms with Gasteiger partial charge in [-0.1, -0.05) is 41.5 Å². The molecule has 1 saturated heterocycles. The fraction of sp³-hybridized carbons (Fsp3) is 0.600. The van der Waals surface area contributed by atoms with E-state index in [0.29, 0.717) is 11.1 Å². The Bertz CT molecular complexity index is 1420. The maximum absolute atomic E-state index is 15.6. The summed E-state index contributed by atoms with van der Waals surface area (Å²) in [5, 5.41) is 10.4. The van der Waals surface area contributed by atoms with Crippen molar-refractivity contribution in [2.75, 3.05) is 6.61 Å². The molecule has 0 saturated carbocycles. The number of aromatic nitrogens is 2. The number of phosphoric ester groups is 1. The zero-order valence-electron chi connectivity index (χ0n) is 22.4. The maximum Gasteiger partial charge on any atom is 0.530 e. The number of fused-ring (bicyclic) bond motifs is 1. The van der Waals surface area contributed by atoms with Crippen LogP contribution in [0, 0.1) is 12.7 Å². The normalized spacial score (nSPS) is 27.7. The number of nitrogens with zero attached hydrogens (tertiary/aromatic N) is 1. The van der Waals surface area contributed by atoms with E-state index in [1.54, 1.807) is 6.07 Å². The second-order valence-electron chi connectivity index (χ2n) is 11.8. The molecule has 0 radical (unpaired) electrons. The predicted molar refractivity (Wildman–Crippen MR) is 133 cm³/mol. The third-order valence-corrected chi connectivity index (χ3v) is 7.83.